The summed E-state index contributed by atoms with van der Waals surface area (Å²) in [5, 5.41) is 11.4. The van der Waals surface area contributed by atoms with E-state index in [2.05, 4.69) is 0 Å². The monoisotopic (exact) mass is 207 g/mol. The molecule has 0 aliphatic heterocycles. The van der Waals surface area contributed by atoms with Crippen LogP contribution in [0.5, 0.6) is 5.75 Å². The first-order chi connectivity index (χ1) is 7.00. The molecule has 0 aliphatic rings. The van der Waals surface area contributed by atoms with E-state index in [4.69, 9.17) is 4.74 Å². The molecule has 0 heterocycles. The Kier molecular flexibility index (Phi) is 3.72. The lowest BCUT2D eigenvalue weighted by Crippen LogP contribution is -2.30. The molecule has 0 saturated carbocycles. The highest BCUT2D eigenvalue weighted by molar-refractivity contribution is 5.53. The molecule has 0 spiro atoms. The Labute approximate surface area is 90.6 Å². The van der Waals surface area contributed by atoms with Crippen LogP contribution in [0.15, 0.2) is 30.3 Å². The zero-order valence-electron chi connectivity index (χ0n) is 9.43. The first-order valence-corrected chi connectivity index (χ1v) is 4.98. The van der Waals surface area contributed by atoms with Gasteiger partial charge in [0.25, 0.3) is 0 Å². The van der Waals surface area contributed by atoms with Crippen LogP contribution in [0.25, 0.3) is 0 Å². The normalized spacial score (nSPS) is 12.6. The molecular formula is C12H17NO2. The highest BCUT2D eigenvalue weighted by Gasteiger charge is 2.17. The molecule has 1 aromatic carbocycles. The number of ether oxygens (including phenoxy) is 1. The molecule has 3 heteroatoms. The van der Waals surface area contributed by atoms with Crippen LogP contribution in [0.2, 0.25) is 0 Å². The van der Waals surface area contributed by atoms with Gasteiger partial charge in [0.15, 0.2) is 18.4 Å². The van der Waals surface area contributed by atoms with Gasteiger partial charge in [0.1, 0.15) is 5.75 Å². The summed E-state index contributed by atoms with van der Waals surface area (Å²) in [6.07, 6.45) is 1.51. The van der Waals surface area contributed by atoms with Crippen LogP contribution in [0.1, 0.15) is 20.8 Å². The van der Waals surface area contributed by atoms with Crippen molar-refractivity contribution in [1.29, 1.82) is 0 Å². The van der Waals surface area contributed by atoms with Crippen LogP contribution in [-0.2, 0) is 0 Å². The largest absolute Gasteiger partial charge is 0.624 e. The average molecular weight is 207 g/mol. The number of hydroxylamine groups is 1. The highest BCUT2D eigenvalue weighted by Crippen LogP contribution is 2.08. The summed E-state index contributed by atoms with van der Waals surface area (Å²) in [7, 11) is 0. The fourth-order valence-electron chi connectivity index (χ4n) is 0.992. The molecule has 82 valence electrons. The smallest absolute Gasteiger partial charge is 0.189 e. The lowest BCUT2D eigenvalue weighted by molar-refractivity contribution is -0.532. The van der Waals surface area contributed by atoms with E-state index in [-0.39, 0.29) is 0 Å². The number of hydrogen-bond donors (Lipinski definition) is 0. The van der Waals surface area contributed by atoms with E-state index in [0.29, 0.717) is 6.61 Å². The number of benzene rings is 1. The third-order valence-electron chi connectivity index (χ3n) is 1.89. The maximum absolute atomic E-state index is 11.4. The third-order valence-corrected chi connectivity index (χ3v) is 1.89. The Balaban J connectivity index is 2.46. The van der Waals surface area contributed by atoms with E-state index in [1.165, 1.54) is 6.21 Å². The Hall–Kier alpha value is -1.51. The summed E-state index contributed by atoms with van der Waals surface area (Å²) in [5.74, 6) is 0.774. The Bertz CT molecular complexity index is 325. The summed E-state index contributed by atoms with van der Waals surface area (Å²) < 4.78 is 6.29. The van der Waals surface area contributed by atoms with Crippen LogP contribution >= 0.6 is 0 Å². The summed E-state index contributed by atoms with van der Waals surface area (Å²) >= 11 is 0. The fraction of sp³-hybridized carbons (Fsp3) is 0.417. The van der Waals surface area contributed by atoms with Crippen LogP contribution in [0.4, 0.5) is 0 Å². The predicted octanol–water partition coefficient (Wildman–Crippen LogP) is 2.45. The minimum absolute atomic E-state index is 0.296. The number of nitrogens with zero attached hydrogens (tertiary/aromatic N) is 1. The van der Waals surface area contributed by atoms with Gasteiger partial charge < -0.3 is 9.94 Å². The Morgan fingerprint density at radius 3 is 2.40 bits per heavy atom. The van der Waals surface area contributed by atoms with Crippen molar-refractivity contribution in [2.75, 3.05) is 6.61 Å². The minimum Gasteiger partial charge on any atom is -0.624 e. The second-order valence-electron chi connectivity index (χ2n) is 4.30. The molecule has 0 aromatic heterocycles. The van der Waals surface area contributed by atoms with E-state index in [1.807, 2.05) is 51.1 Å². The van der Waals surface area contributed by atoms with Crippen LogP contribution in [-0.4, -0.2) is 23.1 Å². The molecule has 3 nitrogen and oxygen atoms in total. The Morgan fingerprint density at radius 1 is 1.27 bits per heavy atom. The Morgan fingerprint density at radius 2 is 1.87 bits per heavy atom. The van der Waals surface area contributed by atoms with E-state index >= 15 is 0 Å². The third kappa shape index (κ3) is 4.02. The lowest BCUT2D eigenvalue weighted by atomic mass is 10.1. The zero-order valence-corrected chi connectivity index (χ0v) is 9.43. The molecule has 0 atom stereocenters. The fourth-order valence-corrected chi connectivity index (χ4v) is 0.992. The average Bonchev–Trinajstić information content (AvgIpc) is 2.18. The van der Waals surface area contributed by atoms with Gasteiger partial charge in [-0.15, -0.1) is 0 Å². The first kappa shape index (κ1) is 11.6. The van der Waals surface area contributed by atoms with Crippen molar-refractivity contribution in [1.82, 2.24) is 0 Å². The van der Waals surface area contributed by atoms with Crippen LogP contribution < -0.4 is 4.74 Å². The summed E-state index contributed by atoms with van der Waals surface area (Å²) in [5.41, 5.74) is -0.403. The van der Waals surface area contributed by atoms with Crippen molar-refractivity contribution in [2.24, 2.45) is 0 Å². The van der Waals surface area contributed by atoms with Gasteiger partial charge in [0.2, 0.25) is 0 Å². The second-order valence-corrected chi connectivity index (χ2v) is 4.30. The minimum atomic E-state index is -0.403. The van der Waals surface area contributed by atoms with Gasteiger partial charge in [-0.25, -0.2) is 4.74 Å². The topological polar surface area (TPSA) is 35.3 Å². The molecule has 1 aromatic rings. The predicted molar refractivity (Wildman–Crippen MR) is 61.4 cm³/mol. The number of para-hydroxylation sites is 1. The van der Waals surface area contributed by atoms with Gasteiger partial charge in [-0.05, 0) is 12.1 Å². The molecule has 1 rings (SSSR count). The number of rotatable bonds is 3. The van der Waals surface area contributed by atoms with Gasteiger partial charge in [-0.2, -0.15) is 0 Å². The first-order valence-electron chi connectivity index (χ1n) is 4.98. The van der Waals surface area contributed by atoms with Crippen molar-refractivity contribution in [3.63, 3.8) is 0 Å². The van der Waals surface area contributed by atoms with Crippen molar-refractivity contribution in [3.8, 4) is 5.75 Å². The number of hydrogen-bond acceptors (Lipinski definition) is 2. The van der Waals surface area contributed by atoms with E-state index < -0.39 is 5.54 Å². The maximum atomic E-state index is 11.4. The molecule has 0 amide bonds. The van der Waals surface area contributed by atoms with E-state index in [1.54, 1.807) is 0 Å². The molecule has 0 N–H and O–H groups in total. The summed E-state index contributed by atoms with van der Waals surface area (Å²) in [4.78, 5) is 0. The molecule has 0 unspecified atom stereocenters. The van der Waals surface area contributed by atoms with Crippen molar-refractivity contribution in [3.05, 3.63) is 35.5 Å². The zero-order chi connectivity index (χ0) is 11.3. The quantitative estimate of drug-likeness (QED) is 0.330. The van der Waals surface area contributed by atoms with Gasteiger partial charge >= 0.3 is 0 Å². The highest BCUT2D eigenvalue weighted by atomic mass is 16.5. The molecule has 0 radical (unpaired) electrons. The standard InChI is InChI=1S/C12H17NO2/c1-12(2,3)13(14)9-10-15-11-7-5-4-6-8-11/h4-9H,10H2,1-3H3/b13-9-. The van der Waals surface area contributed by atoms with Crippen molar-refractivity contribution in [2.45, 2.75) is 26.3 Å². The SMILES string of the molecule is CC(C)(C)/[N+]([O-])=C/COc1ccccc1. The molecule has 0 bridgehead atoms. The molecule has 15 heavy (non-hydrogen) atoms. The van der Waals surface area contributed by atoms with Crippen LogP contribution in [0.3, 0.4) is 0 Å². The van der Waals surface area contributed by atoms with E-state index in [9.17, 15) is 5.21 Å². The summed E-state index contributed by atoms with van der Waals surface area (Å²) in [6, 6.07) is 9.44. The summed E-state index contributed by atoms with van der Waals surface area (Å²) in [6.45, 7) is 5.88. The second kappa shape index (κ2) is 4.82. The molecule has 0 fully saturated rings. The molecular weight excluding hydrogens is 190 g/mol. The van der Waals surface area contributed by atoms with Crippen LogP contribution in [0, 0.1) is 5.21 Å². The van der Waals surface area contributed by atoms with Gasteiger partial charge in [-0.1, -0.05) is 18.2 Å². The van der Waals surface area contributed by atoms with Gasteiger partial charge in [-0.3, -0.25) is 0 Å². The molecule has 0 aliphatic carbocycles. The van der Waals surface area contributed by atoms with E-state index in [0.717, 1.165) is 10.5 Å². The molecule has 0 saturated heterocycles. The lowest BCUT2D eigenvalue weighted by Gasteiger charge is -2.18. The van der Waals surface area contributed by atoms with Gasteiger partial charge in [0, 0.05) is 20.8 Å². The van der Waals surface area contributed by atoms with Crippen molar-refractivity contribution < 1.29 is 9.48 Å². The van der Waals surface area contributed by atoms with Gasteiger partial charge in [0.05, 0.1) is 0 Å². The maximum Gasteiger partial charge on any atom is 0.189 e. The van der Waals surface area contributed by atoms with Crippen molar-refractivity contribution >= 4 is 6.21 Å².